The molecule has 4 nitrogen and oxygen atoms in total. The van der Waals surface area contributed by atoms with Crippen LogP contribution in [0.15, 0.2) is 18.2 Å². The Morgan fingerprint density at radius 2 is 2.16 bits per heavy atom. The number of aliphatic hydroxyl groups excluding tert-OH is 1. The van der Waals surface area contributed by atoms with Gasteiger partial charge in [0.25, 0.3) is 0 Å². The number of anilines is 1. The lowest BCUT2D eigenvalue weighted by Crippen LogP contribution is -2.22. The minimum atomic E-state index is 0.00211. The Labute approximate surface area is 114 Å². The van der Waals surface area contributed by atoms with Gasteiger partial charge in [0.1, 0.15) is 5.75 Å². The molecule has 0 aliphatic carbocycles. The summed E-state index contributed by atoms with van der Waals surface area (Å²) in [6, 6.07) is 5.88. The fourth-order valence-corrected chi connectivity index (χ4v) is 2.32. The van der Waals surface area contributed by atoms with Crippen molar-refractivity contribution in [3.63, 3.8) is 0 Å². The summed E-state index contributed by atoms with van der Waals surface area (Å²) in [5.74, 6) is 1.44. The topological polar surface area (TPSA) is 50.7 Å². The van der Waals surface area contributed by atoms with Gasteiger partial charge in [0.15, 0.2) is 0 Å². The van der Waals surface area contributed by atoms with Gasteiger partial charge in [-0.3, -0.25) is 0 Å². The minimum absolute atomic E-state index is 0.00211. The van der Waals surface area contributed by atoms with Crippen LogP contribution < -0.4 is 10.1 Å². The lowest BCUT2D eigenvalue weighted by Gasteiger charge is -2.23. The number of hydrogen-bond acceptors (Lipinski definition) is 4. The van der Waals surface area contributed by atoms with Gasteiger partial charge in [0.05, 0.1) is 13.2 Å². The van der Waals surface area contributed by atoms with E-state index in [2.05, 4.69) is 5.32 Å². The summed E-state index contributed by atoms with van der Waals surface area (Å²) in [6.07, 6.45) is 2.24. The molecule has 2 rings (SSSR count). The molecular formula is C15H23NO3. The Kier molecular flexibility index (Phi) is 5.48. The quantitative estimate of drug-likeness (QED) is 0.829. The molecule has 2 N–H and O–H groups in total. The molecule has 19 heavy (non-hydrogen) atoms. The van der Waals surface area contributed by atoms with Gasteiger partial charge in [-0.2, -0.15) is 0 Å². The molecule has 0 atom stereocenters. The molecule has 1 fully saturated rings. The average molecular weight is 265 g/mol. The third kappa shape index (κ3) is 4.11. The fourth-order valence-electron chi connectivity index (χ4n) is 2.32. The lowest BCUT2D eigenvalue weighted by molar-refractivity contribution is 0.0699. The molecule has 0 bridgehead atoms. The van der Waals surface area contributed by atoms with Crippen molar-refractivity contribution in [1.82, 2.24) is 0 Å². The molecule has 1 aromatic rings. The number of benzene rings is 1. The van der Waals surface area contributed by atoms with Crippen LogP contribution >= 0.6 is 0 Å². The van der Waals surface area contributed by atoms with Gasteiger partial charge in [0.2, 0.25) is 0 Å². The predicted octanol–water partition coefficient (Wildman–Crippen LogP) is 2.42. The molecule has 1 saturated heterocycles. The zero-order valence-corrected chi connectivity index (χ0v) is 11.5. The predicted molar refractivity (Wildman–Crippen MR) is 75.6 cm³/mol. The average Bonchev–Trinajstić information content (AvgIpc) is 2.47. The van der Waals surface area contributed by atoms with Crippen molar-refractivity contribution >= 4 is 5.69 Å². The molecular weight excluding hydrogens is 242 g/mol. The molecule has 4 heteroatoms. The van der Waals surface area contributed by atoms with Crippen LogP contribution in [-0.4, -0.2) is 31.5 Å². The minimum Gasteiger partial charge on any atom is -0.494 e. The van der Waals surface area contributed by atoms with E-state index in [9.17, 15) is 5.11 Å². The molecule has 1 aliphatic rings. The second kappa shape index (κ2) is 7.36. The van der Waals surface area contributed by atoms with Crippen LogP contribution in [0.1, 0.15) is 25.3 Å². The molecule has 0 saturated carbocycles. The summed E-state index contributed by atoms with van der Waals surface area (Å²) < 4.78 is 10.8. The van der Waals surface area contributed by atoms with E-state index in [1.807, 2.05) is 25.1 Å². The van der Waals surface area contributed by atoms with Gasteiger partial charge in [0, 0.05) is 31.0 Å². The van der Waals surface area contributed by atoms with E-state index in [-0.39, 0.29) is 6.61 Å². The number of rotatable bonds is 6. The highest BCUT2D eigenvalue weighted by molar-refractivity contribution is 5.51. The third-order valence-electron chi connectivity index (χ3n) is 3.47. The van der Waals surface area contributed by atoms with E-state index in [1.165, 1.54) is 0 Å². The molecule has 0 radical (unpaired) electrons. The number of ether oxygens (including phenoxy) is 2. The normalized spacial score (nSPS) is 16.3. The standard InChI is InChI=1S/C15H23NO3/c1-2-19-15-4-3-14(9-13(15)11-17)16-10-12-5-7-18-8-6-12/h3-4,9,12,16-17H,2,5-8,10-11H2,1H3. The Morgan fingerprint density at radius 1 is 1.37 bits per heavy atom. The second-order valence-electron chi connectivity index (χ2n) is 4.85. The first-order valence-corrected chi connectivity index (χ1v) is 7.01. The summed E-state index contributed by atoms with van der Waals surface area (Å²) in [5.41, 5.74) is 1.87. The zero-order valence-electron chi connectivity index (χ0n) is 11.5. The highest BCUT2D eigenvalue weighted by Gasteiger charge is 2.13. The Morgan fingerprint density at radius 3 is 2.84 bits per heavy atom. The SMILES string of the molecule is CCOc1ccc(NCC2CCOCC2)cc1CO. The third-order valence-corrected chi connectivity index (χ3v) is 3.47. The van der Waals surface area contributed by atoms with Crippen LogP contribution in [-0.2, 0) is 11.3 Å². The Bertz CT molecular complexity index is 389. The first kappa shape index (κ1) is 14.2. The summed E-state index contributed by atoms with van der Waals surface area (Å²) in [5, 5.41) is 12.8. The van der Waals surface area contributed by atoms with E-state index < -0.39 is 0 Å². The van der Waals surface area contributed by atoms with Gasteiger partial charge >= 0.3 is 0 Å². The fraction of sp³-hybridized carbons (Fsp3) is 0.600. The highest BCUT2D eigenvalue weighted by atomic mass is 16.5. The summed E-state index contributed by atoms with van der Waals surface area (Å²) in [7, 11) is 0. The van der Waals surface area contributed by atoms with Crippen molar-refractivity contribution in [2.75, 3.05) is 31.7 Å². The van der Waals surface area contributed by atoms with Gasteiger partial charge in [-0.15, -0.1) is 0 Å². The van der Waals surface area contributed by atoms with E-state index in [0.717, 1.165) is 49.6 Å². The molecule has 106 valence electrons. The maximum Gasteiger partial charge on any atom is 0.124 e. The van der Waals surface area contributed by atoms with Crippen molar-refractivity contribution < 1.29 is 14.6 Å². The van der Waals surface area contributed by atoms with Crippen molar-refractivity contribution in [2.45, 2.75) is 26.4 Å². The van der Waals surface area contributed by atoms with Gasteiger partial charge in [-0.05, 0) is 43.9 Å². The van der Waals surface area contributed by atoms with E-state index in [1.54, 1.807) is 0 Å². The number of hydrogen-bond donors (Lipinski definition) is 2. The zero-order chi connectivity index (χ0) is 13.5. The summed E-state index contributed by atoms with van der Waals surface area (Å²) in [4.78, 5) is 0. The van der Waals surface area contributed by atoms with Crippen LogP contribution in [0.25, 0.3) is 0 Å². The number of nitrogens with one attached hydrogen (secondary N) is 1. The van der Waals surface area contributed by atoms with Crippen molar-refractivity contribution in [3.05, 3.63) is 23.8 Å². The monoisotopic (exact) mass is 265 g/mol. The van der Waals surface area contributed by atoms with E-state index in [4.69, 9.17) is 9.47 Å². The van der Waals surface area contributed by atoms with Gasteiger partial charge in [-0.25, -0.2) is 0 Å². The van der Waals surface area contributed by atoms with Crippen molar-refractivity contribution in [2.24, 2.45) is 5.92 Å². The summed E-state index contributed by atoms with van der Waals surface area (Å²) in [6.45, 7) is 5.26. The maximum atomic E-state index is 9.36. The molecule has 1 aliphatic heterocycles. The van der Waals surface area contributed by atoms with Gasteiger partial charge in [-0.1, -0.05) is 0 Å². The van der Waals surface area contributed by atoms with Crippen LogP contribution in [0.2, 0.25) is 0 Å². The molecule has 1 heterocycles. The molecule has 1 aromatic carbocycles. The van der Waals surface area contributed by atoms with Crippen LogP contribution in [0.3, 0.4) is 0 Å². The first-order chi connectivity index (χ1) is 9.33. The van der Waals surface area contributed by atoms with Gasteiger partial charge < -0.3 is 19.9 Å². The van der Waals surface area contributed by atoms with Crippen LogP contribution in [0, 0.1) is 5.92 Å². The van der Waals surface area contributed by atoms with E-state index >= 15 is 0 Å². The van der Waals surface area contributed by atoms with Crippen LogP contribution in [0.4, 0.5) is 5.69 Å². The largest absolute Gasteiger partial charge is 0.494 e. The Hall–Kier alpha value is -1.26. The molecule has 0 amide bonds. The van der Waals surface area contributed by atoms with Crippen molar-refractivity contribution in [3.8, 4) is 5.75 Å². The summed E-state index contributed by atoms with van der Waals surface area (Å²) >= 11 is 0. The van der Waals surface area contributed by atoms with E-state index in [0.29, 0.717) is 12.5 Å². The Balaban J connectivity index is 1.92. The highest BCUT2D eigenvalue weighted by Crippen LogP contribution is 2.24. The smallest absolute Gasteiger partial charge is 0.124 e. The number of aliphatic hydroxyl groups is 1. The van der Waals surface area contributed by atoms with Crippen molar-refractivity contribution in [1.29, 1.82) is 0 Å². The molecule has 0 spiro atoms. The molecule has 0 aromatic heterocycles. The maximum absolute atomic E-state index is 9.36. The molecule has 0 unspecified atom stereocenters. The lowest BCUT2D eigenvalue weighted by atomic mass is 10.0. The van der Waals surface area contributed by atoms with Crippen LogP contribution in [0.5, 0.6) is 5.75 Å². The second-order valence-corrected chi connectivity index (χ2v) is 4.85. The first-order valence-electron chi connectivity index (χ1n) is 7.01.